The molecule has 0 aliphatic rings. The van der Waals surface area contributed by atoms with Crippen molar-refractivity contribution in [3.8, 4) is 0 Å². The van der Waals surface area contributed by atoms with Gasteiger partial charge in [-0.05, 0) is 18.6 Å². The van der Waals surface area contributed by atoms with Crippen LogP contribution in [-0.2, 0) is 4.74 Å². The molecule has 0 saturated heterocycles. The number of nitrogens with zero attached hydrogens (tertiary/aromatic N) is 1. The number of carbonyl (C=O) groups is 1. The second-order valence-corrected chi connectivity index (χ2v) is 3.34. The highest BCUT2D eigenvalue weighted by Gasteiger charge is 2.16. The molecule has 1 N–H and O–H groups in total. The third-order valence-electron chi connectivity index (χ3n) is 2.17. The summed E-state index contributed by atoms with van der Waals surface area (Å²) in [7, 11) is 1.62. The maximum absolute atomic E-state index is 11.9. The Hall–Kier alpha value is -1.33. The maximum atomic E-state index is 11.9. The molecule has 1 aromatic heterocycles. The number of hydrogen-bond acceptors (Lipinski definition) is 4. The minimum Gasteiger partial charge on any atom is -0.459 e. The van der Waals surface area contributed by atoms with Crippen LogP contribution in [0.25, 0.3) is 0 Å². The van der Waals surface area contributed by atoms with E-state index in [-0.39, 0.29) is 12.5 Å². The molecular formula is C11H17NO4. The van der Waals surface area contributed by atoms with Crippen LogP contribution in [0.5, 0.6) is 0 Å². The van der Waals surface area contributed by atoms with Gasteiger partial charge in [0.15, 0.2) is 5.76 Å². The Kier molecular flexibility index (Phi) is 5.60. The molecule has 1 heterocycles. The summed E-state index contributed by atoms with van der Waals surface area (Å²) in [6, 6.07) is 3.28. The highest BCUT2D eigenvalue weighted by Crippen LogP contribution is 2.06. The van der Waals surface area contributed by atoms with Crippen molar-refractivity contribution in [2.75, 3.05) is 33.4 Å². The summed E-state index contributed by atoms with van der Waals surface area (Å²) in [5, 5.41) is 8.88. The Morgan fingerprint density at radius 1 is 1.56 bits per heavy atom. The number of amides is 1. The largest absolute Gasteiger partial charge is 0.459 e. The van der Waals surface area contributed by atoms with Gasteiger partial charge >= 0.3 is 0 Å². The lowest BCUT2D eigenvalue weighted by Gasteiger charge is -2.20. The highest BCUT2D eigenvalue weighted by molar-refractivity contribution is 5.91. The summed E-state index contributed by atoms with van der Waals surface area (Å²) < 4.78 is 9.94. The second kappa shape index (κ2) is 7.03. The van der Waals surface area contributed by atoms with E-state index in [1.807, 2.05) is 0 Å². The van der Waals surface area contributed by atoms with Crippen LogP contribution in [0.1, 0.15) is 17.0 Å². The van der Waals surface area contributed by atoms with E-state index in [2.05, 4.69) is 0 Å². The molecule has 0 aliphatic heterocycles. The third-order valence-corrected chi connectivity index (χ3v) is 2.17. The average molecular weight is 227 g/mol. The molecule has 0 unspecified atom stereocenters. The maximum Gasteiger partial charge on any atom is 0.289 e. The van der Waals surface area contributed by atoms with E-state index >= 15 is 0 Å². The first-order valence-corrected chi connectivity index (χ1v) is 5.22. The first kappa shape index (κ1) is 12.7. The van der Waals surface area contributed by atoms with E-state index in [1.165, 1.54) is 6.26 Å². The molecule has 0 aliphatic carbocycles. The van der Waals surface area contributed by atoms with Gasteiger partial charge in [-0.15, -0.1) is 0 Å². The summed E-state index contributed by atoms with van der Waals surface area (Å²) in [5.74, 6) is 0.0982. The van der Waals surface area contributed by atoms with Crippen LogP contribution >= 0.6 is 0 Å². The van der Waals surface area contributed by atoms with Crippen molar-refractivity contribution in [3.05, 3.63) is 24.2 Å². The Morgan fingerprint density at radius 2 is 2.38 bits per heavy atom. The zero-order valence-corrected chi connectivity index (χ0v) is 9.39. The van der Waals surface area contributed by atoms with Crippen LogP contribution in [0.4, 0.5) is 0 Å². The zero-order chi connectivity index (χ0) is 11.8. The fourth-order valence-electron chi connectivity index (χ4n) is 1.39. The summed E-state index contributed by atoms with van der Waals surface area (Å²) in [4.78, 5) is 13.4. The van der Waals surface area contributed by atoms with Crippen molar-refractivity contribution in [1.29, 1.82) is 0 Å². The second-order valence-electron chi connectivity index (χ2n) is 3.34. The Labute approximate surface area is 94.6 Å². The predicted octanol–water partition coefficient (Wildman–Crippen LogP) is 0.751. The lowest BCUT2D eigenvalue weighted by molar-refractivity contribution is 0.0670. The molecule has 1 amide bonds. The molecule has 0 radical (unpaired) electrons. The number of methoxy groups -OCH3 is 1. The molecule has 16 heavy (non-hydrogen) atoms. The van der Waals surface area contributed by atoms with Gasteiger partial charge in [-0.25, -0.2) is 0 Å². The normalized spacial score (nSPS) is 10.4. The van der Waals surface area contributed by atoms with Gasteiger partial charge in [-0.2, -0.15) is 0 Å². The fraction of sp³-hybridized carbons (Fsp3) is 0.545. The number of aliphatic hydroxyl groups excluding tert-OH is 1. The molecule has 0 spiro atoms. The van der Waals surface area contributed by atoms with Gasteiger partial charge in [-0.3, -0.25) is 4.79 Å². The number of hydrogen-bond donors (Lipinski definition) is 1. The molecule has 5 heteroatoms. The number of rotatable bonds is 7. The number of aliphatic hydroxyl groups is 1. The van der Waals surface area contributed by atoms with Gasteiger partial charge in [0.25, 0.3) is 5.91 Å². The molecule has 5 nitrogen and oxygen atoms in total. The molecular weight excluding hydrogens is 210 g/mol. The van der Waals surface area contributed by atoms with Crippen molar-refractivity contribution < 1.29 is 19.1 Å². The van der Waals surface area contributed by atoms with Gasteiger partial charge in [0.1, 0.15) is 0 Å². The molecule has 1 aromatic rings. The topological polar surface area (TPSA) is 62.9 Å². The van der Waals surface area contributed by atoms with Crippen molar-refractivity contribution >= 4 is 5.91 Å². The third kappa shape index (κ3) is 3.67. The fourth-order valence-corrected chi connectivity index (χ4v) is 1.39. The van der Waals surface area contributed by atoms with Gasteiger partial charge in [-0.1, -0.05) is 0 Å². The summed E-state index contributed by atoms with van der Waals surface area (Å²) >= 11 is 0. The quantitative estimate of drug-likeness (QED) is 0.698. The number of carbonyl (C=O) groups excluding carboxylic acids is 1. The SMILES string of the molecule is COCCCN(CCO)C(=O)c1ccco1. The smallest absolute Gasteiger partial charge is 0.289 e. The molecule has 0 aromatic carbocycles. The van der Waals surface area contributed by atoms with Crippen LogP contribution in [0.3, 0.4) is 0 Å². The molecule has 0 bridgehead atoms. The van der Waals surface area contributed by atoms with E-state index in [0.717, 1.165) is 6.42 Å². The molecule has 0 saturated carbocycles. The van der Waals surface area contributed by atoms with Crippen molar-refractivity contribution in [3.63, 3.8) is 0 Å². The van der Waals surface area contributed by atoms with Crippen LogP contribution in [0.15, 0.2) is 22.8 Å². The van der Waals surface area contributed by atoms with Gasteiger partial charge in [0, 0.05) is 26.8 Å². The number of ether oxygens (including phenoxy) is 1. The van der Waals surface area contributed by atoms with E-state index in [4.69, 9.17) is 14.3 Å². The zero-order valence-electron chi connectivity index (χ0n) is 9.39. The van der Waals surface area contributed by atoms with E-state index in [9.17, 15) is 4.79 Å². The standard InChI is InChI=1S/C11H17NO4/c1-15-8-3-5-12(6-7-13)11(14)10-4-2-9-16-10/h2,4,9,13H,3,5-8H2,1H3. The molecule has 90 valence electrons. The van der Waals surface area contributed by atoms with Gasteiger partial charge in [0.2, 0.25) is 0 Å². The first-order valence-electron chi connectivity index (χ1n) is 5.22. The van der Waals surface area contributed by atoms with Crippen molar-refractivity contribution in [2.24, 2.45) is 0 Å². The van der Waals surface area contributed by atoms with Crippen LogP contribution in [0, 0.1) is 0 Å². The predicted molar refractivity (Wildman–Crippen MR) is 58.2 cm³/mol. The number of furan rings is 1. The van der Waals surface area contributed by atoms with Crippen LogP contribution in [0.2, 0.25) is 0 Å². The summed E-state index contributed by atoms with van der Waals surface area (Å²) in [6.07, 6.45) is 2.20. The lowest BCUT2D eigenvalue weighted by atomic mass is 10.3. The average Bonchev–Trinajstić information content (AvgIpc) is 2.81. The Balaban J connectivity index is 2.52. The Bertz CT molecular complexity index is 297. The molecule has 1 rings (SSSR count). The van der Waals surface area contributed by atoms with Gasteiger partial charge in [0.05, 0.1) is 12.9 Å². The molecule has 0 atom stereocenters. The minimum absolute atomic E-state index is 0.0561. The van der Waals surface area contributed by atoms with E-state index < -0.39 is 0 Å². The van der Waals surface area contributed by atoms with Crippen molar-refractivity contribution in [2.45, 2.75) is 6.42 Å². The van der Waals surface area contributed by atoms with Gasteiger partial charge < -0.3 is 19.2 Å². The van der Waals surface area contributed by atoms with Crippen LogP contribution in [-0.4, -0.2) is 49.3 Å². The monoisotopic (exact) mass is 227 g/mol. The van der Waals surface area contributed by atoms with Crippen LogP contribution < -0.4 is 0 Å². The first-order chi connectivity index (χ1) is 7.79. The van der Waals surface area contributed by atoms with E-state index in [1.54, 1.807) is 24.1 Å². The van der Waals surface area contributed by atoms with E-state index in [0.29, 0.717) is 25.5 Å². The Morgan fingerprint density at radius 3 is 2.94 bits per heavy atom. The lowest BCUT2D eigenvalue weighted by Crippen LogP contribution is -2.34. The summed E-state index contributed by atoms with van der Waals surface area (Å²) in [5.41, 5.74) is 0. The highest BCUT2D eigenvalue weighted by atomic mass is 16.5. The molecule has 0 fully saturated rings. The minimum atomic E-state index is -0.199. The van der Waals surface area contributed by atoms with Crippen molar-refractivity contribution in [1.82, 2.24) is 4.90 Å². The summed E-state index contributed by atoms with van der Waals surface area (Å²) in [6.45, 7) is 1.39.